The zero-order valence-corrected chi connectivity index (χ0v) is 8.15. The maximum Gasteiger partial charge on any atom is 0.222 e. The minimum atomic E-state index is 0.104. The van der Waals surface area contributed by atoms with Crippen LogP contribution in [0.15, 0.2) is 6.20 Å². The van der Waals surface area contributed by atoms with E-state index in [1.807, 2.05) is 17.7 Å². The molecule has 0 radical (unpaired) electrons. The van der Waals surface area contributed by atoms with E-state index in [9.17, 15) is 4.79 Å². The van der Waals surface area contributed by atoms with Gasteiger partial charge in [-0.2, -0.15) is 0 Å². The standard InChI is InChI=1S/C8H11N3OS/c1-5-3-10-8(13)11(5)6-2-7(12)9-4-6/h3,6H,2,4H2,1H3,(H,9,12)(H,10,13). The van der Waals surface area contributed by atoms with Gasteiger partial charge in [-0.15, -0.1) is 0 Å². The Balaban J connectivity index is 2.35. The number of hydrogen-bond acceptors (Lipinski definition) is 2. The second-order valence-corrected chi connectivity index (χ2v) is 3.65. The van der Waals surface area contributed by atoms with Crippen LogP contribution in [-0.4, -0.2) is 22.0 Å². The Labute approximate surface area is 81.0 Å². The number of hydrogen-bond donors (Lipinski definition) is 2. The van der Waals surface area contributed by atoms with Crippen molar-refractivity contribution in [3.8, 4) is 0 Å². The molecule has 1 unspecified atom stereocenters. The van der Waals surface area contributed by atoms with Crippen LogP contribution in [0.25, 0.3) is 0 Å². The molecule has 4 nitrogen and oxygen atoms in total. The lowest BCUT2D eigenvalue weighted by Gasteiger charge is -2.10. The first-order valence-corrected chi connectivity index (χ1v) is 4.62. The Hall–Kier alpha value is -1.10. The third kappa shape index (κ3) is 1.39. The van der Waals surface area contributed by atoms with Crippen LogP contribution in [0.1, 0.15) is 18.2 Å². The van der Waals surface area contributed by atoms with E-state index in [-0.39, 0.29) is 11.9 Å². The second-order valence-electron chi connectivity index (χ2n) is 3.27. The Morgan fingerprint density at radius 2 is 2.46 bits per heavy atom. The molecule has 1 amide bonds. The molecule has 1 fully saturated rings. The number of carbonyl (C=O) groups excluding carboxylic acids is 1. The first-order chi connectivity index (χ1) is 6.18. The van der Waals surface area contributed by atoms with E-state index in [2.05, 4.69) is 10.3 Å². The minimum Gasteiger partial charge on any atom is -0.354 e. The van der Waals surface area contributed by atoms with Gasteiger partial charge in [0.15, 0.2) is 4.77 Å². The van der Waals surface area contributed by atoms with Gasteiger partial charge in [0, 0.05) is 24.9 Å². The van der Waals surface area contributed by atoms with E-state index in [4.69, 9.17) is 12.2 Å². The summed E-state index contributed by atoms with van der Waals surface area (Å²) >= 11 is 5.12. The lowest BCUT2D eigenvalue weighted by Crippen LogP contribution is -2.16. The summed E-state index contributed by atoms with van der Waals surface area (Å²) in [4.78, 5) is 14.0. The van der Waals surface area contributed by atoms with Crippen LogP contribution >= 0.6 is 12.2 Å². The van der Waals surface area contributed by atoms with E-state index in [1.165, 1.54) is 0 Å². The van der Waals surface area contributed by atoms with Gasteiger partial charge in [-0.25, -0.2) is 0 Å². The average molecular weight is 197 g/mol. The molecule has 0 saturated carbocycles. The van der Waals surface area contributed by atoms with E-state index < -0.39 is 0 Å². The molecule has 2 heterocycles. The molecule has 5 heteroatoms. The van der Waals surface area contributed by atoms with Crippen molar-refractivity contribution in [2.24, 2.45) is 0 Å². The van der Waals surface area contributed by atoms with Crippen molar-refractivity contribution in [1.82, 2.24) is 14.9 Å². The maximum absolute atomic E-state index is 11.0. The highest BCUT2D eigenvalue weighted by Crippen LogP contribution is 2.18. The largest absolute Gasteiger partial charge is 0.354 e. The molecule has 13 heavy (non-hydrogen) atoms. The van der Waals surface area contributed by atoms with Crippen molar-refractivity contribution < 1.29 is 4.79 Å². The van der Waals surface area contributed by atoms with Crippen LogP contribution in [0.4, 0.5) is 0 Å². The summed E-state index contributed by atoms with van der Waals surface area (Å²) in [5.41, 5.74) is 1.08. The molecular weight excluding hydrogens is 186 g/mol. The predicted octanol–water partition coefficient (Wildman–Crippen LogP) is 0.915. The Bertz CT molecular complexity index is 392. The highest BCUT2D eigenvalue weighted by molar-refractivity contribution is 7.71. The highest BCUT2D eigenvalue weighted by atomic mass is 32.1. The molecule has 2 N–H and O–H groups in total. The molecule has 1 aromatic heterocycles. The fourth-order valence-electron chi connectivity index (χ4n) is 1.69. The number of aryl methyl sites for hydroxylation is 1. The Kier molecular flexibility index (Phi) is 1.95. The van der Waals surface area contributed by atoms with Crippen LogP contribution < -0.4 is 5.32 Å². The SMILES string of the molecule is Cc1c[nH]c(=S)n1C1CNC(=O)C1. The number of carbonyl (C=O) groups is 1. The van der Waals surface area contributed by atoms with Gasteiger partial charge in [-0.1, -0.05) is 0 Å². The lowest BCUT2D eigenvalue weighted by atomic mass is 10.2. The molecular formula is C8H11N3OS. The molecule has 1 aliphatic rings. The van der Waals surface area contributed by atoms with Crippen LogP contribution in [-0.2, 0) is 4.79 Å². The summed E-state index contributed by atoms with van der Waals surface area (Å²) in [6.07, 6.45) is 2.40. The first-order valence-electron chi connectivity index (χ1n) is 4.21. The molecule has 1 atom stereocenters. The molecule has 1 aromatic rings. The molecule has 0 aromatic carbocycles. The fraction of sp³-hybridized carbons (Fsp3) is 0.500. The minimum absolute atomic E-state index is 0.104. The van der Waals surface area contributed by atoms with Gasteiger partial charge >= 0.3 is 0 Å². The van der Waals surface area contributed by atoms with E-state index >= 15 is 0 Å². The van der Waals surface area contributed by atoms with Crippen LogP contribution in [0, 0.1) is 11.7 Å². The Morgan fingerprint density at radius 1 is 1.69 bits per heavy atom. The number of amides is 1. The first kappa shape index (κ1) is 8.50. The zero-order valence-electron chi connectivity index (χ0n) is 7.33. The average Bonchev–Trinajstić information content (AvgIpc) is 2.60. The number of nitrogens with one attached hydrogen (secondary N) is 2. The molecule has 70 valence electrons. The summed E-state index contributed by atoms with van der Waals surface area (Å²) in [6.45, 7) is 2.67. The molecule has 0 bridgehead atoms. The van der Waals surface area contributed by atoms with Crippen molar-refractivity contribution in [1.29, 1.82) is 0 Å². The van der Waals surface area contributed by atoms with Crippen LogP contribution in [0.2, 0.25) is 0 Å². The van der Waals surface area contributed by atoms with Gasteiger partial charge in [0.25, 0.3) is 0 Å². The van der Waals surface area contributed by atoms with Gasteiger partial charge in [-0.3, -0.25) is 4.79 Å². The summed E-state index contributed by atoms with van der Waals surface area (Å²) in [6, 6.07) is 0.186. The second kappa shape index (κ2) is 2.99. The summed E-state index contributed by atoms with van der Waals surface area (Å²) < 4.78 is 2.69. The van der Waals surface area contributed by atoms with Crippen LogP contribution in [0.3, 0.4) is 0 Å². The number of aromatic nitrogens is 2. The summed E-state index contributed by atoms with van der Waals surface area (Å²) in [5, 5.41) is 2.79. The zero-order chi connectivity index (χ0) is 9.42. The van der Waals surface area contributed by atoms with Crippen molar-refractivity contribution >= 4 is 18.1 Å². The topological polar surface area (TPSA) is 49.8 Å². The monoisotopic (exact) mass is 197 g/mol. The quantitative estimate of drug-likeness (QED) is 0.658. The van der Waals surface area contributed by atoms with E-state index in [0.717, 1.165) is 5.69 Å². The van der Waals surface area contributed by atoms with Gasteiger partial charge in [0.05, 0.1) is 6.04 Å². The van der Waals surface area contributed by atoms with Crippen LogP contribution in [0.5, 0.6) is 0 Å². The van der Waals surface area contributed by atoms with Crippen molar-refractivity contribution in [2.75, 3.05) is 6.54 Å². The van der Waals surface area contributed by atoms with Gasteiger partial charge in [0.2, 0.25) is 5.91 Å². The molecule has 0 spiro atoms. The molecule has 0 aliphatic carbocycles. The van der Waals surface area contributed by atoms with Gasteiger partial charge in [0.1, 0.15) is 0 Å². The van der Waals surface area contributed by atoms with Crippen molar-refractivity contribution in [3.05, 3.63) is 16.7 Å². The third-order valence-electron chi connectivity index (χ3n) is 2.32. The third-order valence-corrected chi connectivity index (χ3v) is 2.64. The fourth-order valence-corrected chi connectivity index (χ4v) is 2.04. The van der Waals surface area contributed by atoms with Gasteiger partial charge in [-0.05, 0) is 19.1 Å². The summed E-state index contributed by atoms with van der Waals surface area (Å²) in [7, 11) is 0. The number of imidazole rings is 1. The number of nitrogens with zero attached hydrogens (tertiary/aromatic N) is 1. The van der Waals surface area contributed by atoms with Crippen molar-refractivity contribution in [3.63, 3.8) is 0 Å². The van der Waals surface area contributed by atoms with Gasteiger partial charge < -0.3 is 14.9 Å². The predicted molar refractivity (Wildman–Crippen MR) is 51.0 cm³/mol. The molecule has 1 aliphatic heterocycles. The summed E-state index contributed by atoms with van der Waals surface area (Å²) in [5.74, 6) is 0.104. The Morgan fingerprint density at radius 3 is 2.92 bits per heavy atom. The molecule has 2 rings (SSSR count). The number of rotatable bonds is 1. The molecule has 1 saturated heterocycles. The number of aromatic amines is 1. The van der Waals surface area contributed by atoms with E-state index in [1.54, 1.807) is 0 Å². The smallest absolute Gasteiger partial charge is 0.222 e. The lowest BCUT2D eigenvalue weighted by molar-refractivity contribution is -0.119. The normalized spacial score (nSPS) is 21.9. The highest BCUT2D eigenvalue weighted by Gasteiger charge is 2.24. The van der Waals surface area contributed by atoms with Crippen molar-refractivity contribution in [2.45, 2.75) is 19.4 Å². The van der Waals surface area contributed by atoms with E-state index in [0.29, 0.717) is 17.7 Å². The number of H-pyrrole nitrogens is 1. The maximum atomic E-state index is 11.0.